The van der Waals surface area contributed by atoms with E-state index in [4.69, 9.17) is 57.6 Å². The van der Waals surface area contributed by atoms with Crippen molar-refractivity contribution in [3.05, 3.63) is 163 Å². The lowest BCUT2D eigenvalue weighted by atomic mass is 9.89. The molecule has 0 N–H and O–H groups in total. The van der Waals surface area contributed by atoms with Crippen molar-refractivity contribution >= 4 is 95.6 Å². The van der Waals surface area contributed by atoms with Gasteiger partial charge in [0.2, 0.25) is 0 Å². The molecule has 5 atom stereocenters. The number of benzene rings is 4. The van der Waals surface area contributed by atoms with Crippen LogP contribution in [0, 0.1) is 19.5 Å². The van der Waals surface area contributed by atoms with Gasteiger partial charge in [-0.3, -0.25) is 0 Å². The molecule has 2 aromatic heterocycles. The lowest BCUT2D eigenvalue weighted by molar-refractivity contribution is -0.142. The second-order valence-corrected chi connectivity index (χ2v) is 25.4. The maximum atomic E-state index is 14.2. The molecule has 0 amide bonds. The third kappa shape index (κ3) is 18.2. The lowest BCUT2D eigenvalue weighted by Gasteiger charge is -2.25. The van der Waals surface area contributed by atoms with E-state index in [1.54, 1.807) is 77.8 Å². The van der Waals surface area contributed by atoms with Crippen molar-refractivity contribution in [2.45, 2.75) is 109 Å². The summed E-state index contributed by atoms with van der Waals surface area (Å²) in [7, 11) is 6.51. The number of ether oxygens (including phenoxy) is 7. The van der Waals surface area contributed by atoms with Crippen LogP contribution in [0.5, 0.6) is 11.5 Å². The molecule has 1 aliphatic heterocycles. The van der Waals surface area contributed by atoms with Crippen LogP contribution in [0.15, 0.2) is 133 Å². The van der Waals surface area contributed by atoms with Gasteiger partial charge in [-0.05, 0) is 198 Å². The van der Waals surface area contributed by atoms with Crippen LogP contribution in [0.25, 0.3) is 20.9 Å². The van der Waals surface area contributed by atoms with Crippen molar-refractivity contribution < 1.29 is 57.1 Å². The molecule has 12 nitrogen and oxygen atoms in total. The number of carbonyl (C=O) groups is 5. The summed E-state index contributed by atoms with van der Waals surface area (Å²) in [6.07, 6.45) is 14.1. The van der Waals surface area contributed by atoms with Crippen LogP contribution in [0.3, 0.4) is 0 Å². The van der Waals surface area contributed by atoms with Crippen molar-refractivity contribution in [3.8, 4) is 32.4 Å². The van der Waals surface area contributed by atoms with Gasteiger partial charge in [0.15, 0.2) is 0 Å². The van der Waals surface area contributed by atoms with Gasteiger partial charge in [-0.15, -0.1) is 0 Å². The maximum absolute atomic E-state index is 14.2. The fourth-order valence-electron chi connectivity index (χ4n) is 9.52. The maximum Gasteiger partial charge on any atom is 0.339 e. The molecule has 420 valence electrons. The van der Waals surface area contributed by atoms with E-state index >= 15 is 0 Å². The second kappa shape index (κ2) is 31.2. The summed E-state index contributed by atoms with van der Waals surface area (Å²) in [5.74, 6) is -2.41. The Labute approximate surface area is 492 Å². The minimum atomic E-state index is -0.991. The molecule has 1 saturated carbocycles. The molecule has 1 fully saturated rings. The predicted molar refractivity (Wildman–Crippen MR) is 321 cm³/mol. The van der Waals surface area contributed by atoms with Gasteiger partial charge in [-0.1, -0.05) is 102 Å². The number of cyclic esters (lactones) is 1. The smallest absolute Gasteiger partial charge is 0.339 e. The Balaban J connectivity index is 0.812. The summed E-state index contributed by atoms with van der Waals surface area (Å²) in [5, 5.41) is 0. The highest BCUT2D eigenvalue weighted by Gasteiger charge is 2.41. The summed E-state index contributed by atoms with van der Waals surface area (Å²) in [6, 6.07) is 32.8. The minimum absolute atomic E-state index is 0.0121. The molecule has 18 heteroatoms. The van der Waals surface area contributed by atoms with Crippen molar-refractivity contribution in [1.29, 1.82) is 0 Å². The molecule has 0 saturated heterocycles. The van der Waals surface area contributed by atoms with Crippen LogP contribution in [0.4, 0.5) is 0 Å². The first-order valence-corrected chi connectivity index (χ1v) is 32.3. The Morgan fingerprint density at radius 2 is 1.04 bits per heavy atom. The molecule has 0 spiro atoms. The highest BCUT2D eigenvalue weighted by molar-refractivity contribution is 7.80. The zero-order valence-electron chi connectivity index (χ0n) is 44.5. The van der Waals surface area contributed by atoms with Crippen LogP contribution < -0.4 is 9.47 Å². The summed E-state index contributed by atoms with van der Waals surface area (Å²) in [5.41, 5.74) is 2.47. The zero-order valence-corrected chi connectivity index (χ0v) is 49.4. The van der Waals surface area contributed by atoms with E-state index in [0.717, 1.165) is 85.0 Å². The first-order valence-electron chi connectivity index (χ1n) is 27.1. The molecule has 0 radical (unpaired) electrons. The van der Waals surface area contributed by atoms with Crippen molar-refractivity contribution in [1.82, 2.24) is 0 Å². The third-order valence-electron chi connectivity index (χ3n) is 13.7. The predicted octanol–water partition coefficient (Wildman–Crippen LogP) is 16.3. The molecule has 2 aliphatic rings. The first kappa shape index (κ1) is 60.0. The molecule has 0 bridgehead atoms. The number of rotatable bonds is 24. The van der Waals surface area contributed by atoms with E-state index in [0.29, 0.717) is 45.3 Å². The van der Waals surface area contributed by atoms with Crippen LogP contribution in [-0.4, -0.2) is 74.6 Å². The fourth-order valence-corrected chi connectivity index (χ4v) is 14.3. The SMILES string of the molecule is C[C@H]1CCC/C=C/[C@@H]2C[C@H](OC(=O)c3ccccc3C(=O)OCCCCCCOc3ccc(-c4cc(=S)ss4)cc3)C[C@H]2[C@H](OC(=O)c2ccccc2C(=O)OCCCCCCOc2ccc(-c3cc(=S)ss3)cc2)/C=C/C(=O)O1. The molecular weight excluding hydrogens is 1130 g/mol. The number of fused-ring (bicyclic) bond motifs is 1. The molecule has 80 heavy (non-hydrogen) atoms. The van der Waals surface area contributed by atoms with Crippen molar-refractivity contribution in [2.24, 2.45) is 11.8 Å². The standard InChI is InChI=1S/C62H64O12S6/c1-41-17-7-6-8-18-44-37-47(73-61(66)50-21-11-9-19-48(50)59(64)70-35-15-4-2-13-33-68-45-27-23-42(24-28-45)54-39-57(75)79-77-54)38-52(44)53(31-32-56(63)72-41)74-62(67)51-22-12-10-20-49(51)60(65)71-36-16-5-3-14-34-69-46-29-25-43(26-30-46)55-40-58(76)80-78-55/h8-12,18-32,39-41,44,47,52-53H,2-7,13-17,33-38H2,1H3/b18-8+,32-31+/t41-,44+,47-,52+,53+/m0/s1. The highest BCUT2D eigenvalue weighted by Crippen LogP contribution is 2.40. The highest BCUT2D eigenvalue weighted by atomic mass is 32.9. The summed E-state index contributed by atoms with van der Waals surface area (Å²) in [4.78, 5) is 70.4. The average molecular weight is 1190 g/mol. The molecule has 8 rings (SSSR count). The van der Waals surface area contributed by atoms with Gasteiger partial charge in [0.25, 0.3) is 0 Å². The summed E-state index contributed by atoms with van der Waals surface area (Å²) < 4.78 is 42.9. The molecule has 3 heterocycles. The number of allylic oxidation sites excluding steroid dienone is 2. The van der Waals surface area contributed by atoms with Gasteiger partial charge in [-0.2, -0.15) is 0 Å². The van der Waals surface area contributed by atoms with Gasteiger partial charge >= 0.3 is 29.8 Å². The van der Waals surface area contributed by atoms with Crippen LogP contribution >= 0.6 is 65.8 Å². The monoisotopic (exact) mass is 1190 g/mol. The molecule has 1 aliphatic carbocycles. The Kier molecular flexibility index (Phi) is 23.4. The van der Waals surface area contributed by atoms with Crippen molar-refractivity contribution in [3.63, 3.8) is 0 Å². The minimum Gasteiger partial charge on any atom is -0.494 e. The molecule has 6 aromatic rings. The summed E-state index contributed by atoms with van der Waals surface area (Å²) in [6.45, 7) is 3.32. The van der Waals surface area contributed by atoms with E-state index in [2.05, 4.69) is 12.2 Å². The van der Waals surface area contributed by atoms with Gasteiger partial charge in [0.1, 0.15) is 31.4 Å². The lowest BCUT2D eigenvalue weighted by Crippen LogP contribution is -2.29. The number of esters is 5. The number of unbranched alkanes of at least 4 members (excludes halogenated alkanes) is 6. The average Bonchev–Trinajstić information content (AvgIpc) is 4.23. The largest absolute Gasteiger partial charge is 0.494 e. The zero-order chi connectivity index (χ0) is 56.1. The van der Waals surface area contributed by atoms with Crippen LogP contribution in [0.2, 0.25) is 0 Å². The third-order valence-corrected chi connectivity index (χ3v) is 19.5. The van der Waals surface area contributed by atoms with Crippen LogP contribution in [0.1, 0.15) is 132 Å². The van der Waals surface area contributed by atoms with E-state index in [-0.39, 0.29) is 53.9 Å². The Bertz CT molecular complexity index is 3190. The fraction of sp³-hybridized carbons (Fsp3) is 0.371. The Morgan fingerprint density at radius 1 is 0.562 bits per heavy atom. The Morgan fingerprint density at radius 3 is 1.52 bits per heavy atom. The second-order valence-electron chi connectivity index (χ2n) is 19.6. The van der Waals surface area contributed by atoms with Gasteiger partial charge in [0, 0.05) is 21.7 Å². The van der Waals surface area contributed by atoms with E-state index in [1.165, 1.54) is 24.3 Å². The number of hydrogen-bond donors (Lipinski definition) is 0. The first-order chi connectivity index (χ1) is 39.0. The van der Waals surface area contributed by atoms with Gasteiger partial charge in [0.05, 0.1) is 54.8 Å². The Hall–Kier alpha value is -6.15. The molecular formula is C62H64O12S6. The topological polar surface area (TPSA) is 150 Å². The molecule has 0 unspecified atom stereocenters. The van der Waals surface area contributed by atoms with E-state index in [1.807, 2.05) is 67.6 Å². The number of hydrogen-bond acceptors (Lipinski definition) is 18. The van der Waals surface area contributed by atoms with Gasteiger partial charge in [-0.25, -0.2) is 24.0 Å². The number of carbonyl (C=O) groups excluding carboxylic acids is 5. The van der Waals surface area contributed by atoms with Crippen molar-refractivity contribution in [2.75, 3.05) is 26.4 Å². The molecule has 4 aromatic carbocycles. The van der Waals surface area contributed by atoms with E-state index in [9.17, 15) is 24.0 Å². The quantitative estimate of drug-likeness (QED) is 0.0141. The van der Waals surface area contributed by atoms with E-state index < -0.39 is 48.0 Å². The van der Waals surface area contributed by atoms with Gasteiger partial charge < -0.3 is 33.2 Å². The van der Waals surface area contributed by atoms with Crippen LogP contribution in [-0.2, 0) is 28.5 Å². The normalized spacial score (nSPS) is 18.9. The summed E-state index contributed by atoms with van der Waals surface area (Å²) >= 11 is 10.5.